The molecular formula is C20H24N4O. The van der Waals surface area contributed by atoms with Crippen LogP contribution < -0.4 is 9.80 Å². The number of hydrogen-bond acceptors (Lipinski definition) is 4. The fourth-order valence-corrected chi connectivity index (χ4v) is 3.98. The third-order valence-electron chi connectivity index (χ3n) is 5.35. The Morgan fingerprint density at radius 3 is 2.96 bits per heavy atom. The number of aromatic nitrogens is 2. The van der Waals surface area contributed by atoms with Gasteiger partial charge in [-0.25, -0.2) is 9.97 Å². The highest BCUT2D eigenvalue weighted by molar-refractivity contribution is 6.06. The van der Waals surface area contributed by atoms with Crippen LogP contribution in [0.25, 0.3) is 0 Å². The van der Waals surface area contributed by atoms with Crippen molar-refractivity contribution in [2.75, 3.05) is 22.9 Å². The van der Waals surface area contributed by atoms with Gasteiger partial charge in [-0.3, -0.25) is 4.79 Å². The van der Waals surface area contributed by atoms with Crippen molar-refractivity contribution in [1.29, 1.82) is 0 Å². The number of carbonyl (C=O) groups is 1. The van der Waals surface area contributed by atoms with Crippen LogP contribution in [0.5, 0.6) is 0 Å². The van der Waals surface area contributed by atoms with Gasteiger partial charge in [0.25, 0.3) is 5.91 Å². The van der Waals surface area contributed by atoms with Crippen LogP contribution in [0.2, 0.25) is 0 Å². The second kappa shape index (κ2) is 6.82. The van der Waals surface area contributed by atoms with Gasteiger partial charge in [-0.15, -0.1) is 0 Å². The number of fused-ring (bicyclic) bond motifs is 1. The third-order valence-corrected chi connectivity index (χ3v) is 5.35. The zero-order valence-electron chi connectivity index (χ0n) is 14.7. The van der Waals surface area contributed by atoms with Crippen molar-refractivity contribution < 1.29 is 4.79 Å². The Balaban J connectivity index is 1.60. The third kappa shape index (κ3) is 2.99. The average molecular weight is 336 g/mol. The van der Waals surface area contributed by atoms with Crippen LogP contribution in [0.3, 0.4) is 0 Å². The summed E-state index contributed by atoms with van der Waals surface area (Å²) in [5.74, 6) is 0.670. The molecule has 1 unspecified atom stereocenters. The number of hydrogen-bond donors (Lipinski definition) is 0. The van der Waals surface area contributed by atoms with Gasteiger partial charge in [-0.2, -0.15) is 0 Å². The van der Waals surface area contributed by atoms with Gasteiger partial charge in [-0.1, -0.05) is 25.1 Å². The largest absolute Gasteiger partial charge is 0.338 e. The van der Waals surface area contributed by atoms with Crippen LogP contribution >= 0.6 is 0 Å². The quantitative estimate of drug-likeness (QED) is 0.861. The van der Waals surface area contributed by atoms with E-state index in [0.29, 0.717) is 17.7 Å². The summed E-state index contributed by atoms with van der Waals surface area (Å²) in [5, 5.41) is 0. The maximum absolute atomic E-state index is 13.0. The molecule has 0 spiro atoms. The molecule has 2 aromatic rings. The van der Waals surface area contributed by atoms with Crippen molar-refractivity contribution in [3.05, 3.63) is 47.8 Å². The molecule has 0 aliphatic carbocycles. The maximum Gasteiger partial charge on any atom is 0.277 e. The van der Waals surface area contributed by atoms with E-state index in [9.17, 15) is 4.79 Å². The molecule has 1 atom stereocenters. The van der Waals surface area contributed by atoms with Crippen molar-refractivity contribution in [1.82, 2.24) is 9.97 Å². The predicted molar refractivity (Wildman–Crippen MR) is 99.1 cm³/mol. The van der Waals surface area contributed by atoms with Crippen molar-refractivity contribution >= 4 is 17.5 Å². The minimum atomic E-state index is -0.0290. The summed E-state index contributed by atoms with van der Waals surface area (Å²) >= 11 is 0. The number of benzene rings is 1. The van der Waals surface area contributed by atoms with Gasteiger partial charge in [0, 0.05) is 31.0 Å². The molecule has 1 aromatic carbocycles. The lowest BCUT2D eigenvalue weighted by atomic mass is 10.0. The first-order chi connectivity index (χ1) is 12.3. The van der Waals surface area contributed by atoms with E-state index in [0.717, 1.165) is 38.0 Å². The highest BCUT2D eigenvalue weighted by Crippen LogP contribution is 2.29. The van der Waals surface area contributed by atoms with Crippen LogP contribution in [0.15, 0.2) is 36.5 Å². The molecule has 1 aromatic heterocycles. The highest BCUT2D eigenvalue weighted by Gasteiger charge is 2.28. The van der Waals surface area contributed by atoms with Crippen molar-refractivity contribution in [2.24, 2.45) is 0 Å². The predicted octanol–water partition coefficient (Wildman–Crippen LogP) is 3.45. The fourth-order valence-electron chi connectivity index (χ4n) is 3.98. The number of nitrogens with zero attached hydrogens (tertiary/aromatic N) is 4. The number of amides is 1. The zero-order valence-corrected chi connectivity index (χ0v) is 14.7. The Morgan fingerprint density at radius 1 is 1.20 bits per heavy atom. The van der Waals surface area contributed by atoms with Crippen molar-refractivity contribution in [2.45, 2.75) is 45.1 Å². The number of piperidine rings is 1. The molecule has 2 aliphatic rings. The molecule has 0 N–H and O–H groups in total. The molecule has 0 radical (unpaired) electrons. The molecule has 1 amide bonds. The second-order valence-corrected chi connectivity index (χ2v) is 6.83. The summed E-state index contributed by atoms with van der Waals surface area (Å²) in [6.45, 7) is 3.90. The molecule has 0 saturated carbocycles. The topological polar surface area (TPSA) is 49.3 Å². The van der Waals surface area contributed by atoms with Gasteiger partial charge in [0.2, 0.25) is 5.95 Å². The lowest BCUT2D eigenvalue weighted by Gasteiger charge is -2.35. The van der Waals surface area contributed by atoms with Crippen molar-refractivity contribution in [3.63, 3.8) is 0 Å². The van der Waals surface area contributed by atoms with E-state index in [1.807, 2.05) is 23.1 Å². The van der Waals surface area contributed by atoms with E-state index in [4.69, 9.17) is 0 Å². The Bertz CT molecular complexity index is 776. The van der Waals surface area contributed by atoms with Crippen LogP contribution in [-0.4, -0.2) is 35.0 Å². The van der Waals surface area contributed by atoms with Gasteiger partial charge < -0.3 is 9.80 Å². The minimum absolute atomic E-state index is 0.0290. The molecular weight excluding hydrogens is 312 g/mol. The van der Waals surface area contributed by atoms with E-state index in [-0.39, 0.29) is 5.91 Å². The maximum atomic E-state index is 13.0. The molecule has 4 rings (SSSR count). The summed E-state index contributed by atoms with van der Waals surface area (Å²) in [7, 11) is 0. The Morgan fingerprint density at radius 2 is 2.08 bits per heavy atom. The summed E-state index contributed by atoms with van der Waals surface area (Å²) < 4.78 is 0. The Kier molecular flexibility index (Phi) is 4.38. The van der Waals surface area contributed by atoms with E-state index in [1.54, 1.807) is 12.3 Å². The SMILES string of the molecule is CCC1CCCCN1c1nccc(C(=O)N2CCc3ccccc32)n1. The summed E-state index contributed by atoms with van der Waals surface area (Å²) in [4.78, 5) is 26.2. The molecule has 3 heterocycles. The minimum Gasteiger partial charge on any atom is -0.338 e. The summed E-state index contributed by atoms with van der Waals surface area (Å²) in [6.07, 6.45) is 7.32. The van der Waals surface area contributed by atoms with Gasteiger partial charge >= 0.3 is 0 Å². The van der Waals surface area contributed by atoms with E-state index >= 15 is 0 Å². The van der Waals surface area contributed by atoms with E-state index < -0.39 is 0 Å². The fraction of sp³-hybridized carbons (Fsp3) is 0.450. The molecule has 5 heteroatoms. The first-order valence-corrected chi connectivity index (χ1v) is 9.27. The number of para-hydroxylation sites is 1. The molecule has 130 valence electrons. The van der Waals surface area contributed by atoms with Gasteiger partial charge in [-0.05, 0) is 49.8 Å². The van der Waals surface area contributed by atoms with Gasteiger partial charge in [0.05, 0.1) is 0 Å². The van der Waals surface area contributed by atoms with E-state index in [1.165, 1.54) is 18.4 Å². The van der Waals surface area contributed by atoms with Crippen molar-refractivity contribution in [3.8, 4) is 0 Å². The molecule has 25 heavy (non-hydrogen) atoms. The Labute approximate surface area is 148 Å². The van der Waals surface area contributed by atoms with Crippen LogP contribution in [0.1, 0.15) is 48.7 Å². The molecule has 5 nitrogen and oxygen atoms in total. The number of carbonyl (C=O) groups excluding carboxylic acids is 1. The second-order valence-electron chi connectivity index (χ2n) is 6.83. The number of anilines is 2. The Hall–Kier alpha value is -2.43. The summed E-state index contributed by atoms with van der Waals surface area (Å²) in [5.41, 5.74) is 2.73. The normalized spacial score (nSPS) is 19.8. The zero-order chi connectivity index (χ0) is 17.2. The lowest BCUT2D eigenvalue weighted by Crippen LogP contribution is -2.40. The van der Waals surface area contributed by atoms with Gasteiger partial charge in [0.15, 0.2) is 0 Å². The molecule has 0 bridgehead atoms. The lowest BCUT2D eigenvalue weighted by molar-refractivity contribution is 0.0984. The van der Waals surface area contributed by atoms with E-state index in [2.05, 4.69) is 27.9 Å². The van der Waals surface area contributed by atoms with Gasteiger partial charge in [0.1, 0.15) is 5.69 Å². The molecule has 2 aliphatic heterocycles. The summed E-state index contributed by atoms with van der Waals surface area (Å²) in [6, 6.07) is 10.3. The smallest absolute Gasteiger partial charge is 0.277 e. The average Bonchev–Trinajstić information content (AvgIpc) is 3.11. The van der Waals surface area contributed by atoms with Crippen LogP contribution in [0, 0.1) is 0 Å². The monoisotopic (exact) mass is 336 g/mol. The highest BCUT2D eigenvalue weighted by atomic mass is 16.2. The van der Waals surface area contributed by atoms with Crippen LogP contribution in [-0.2, 0) is 6.42 Å². The molecule has 1 fully saturated rings. The number of rotatable bonds is 3. The molecule has 1 saturated heterocycles. The first kappa shape index (κ1) is 16.1. The first-order valence-electron chi connectivity index (χ1n) is 9.27. The standard InChI is InChI=1S/C20H24N4O/c1-2-16-8-5-6-13-23(16)20-21-12-10-17(22-20)19(25)24-14-11-15-7-3-4-9-18(15)24/h3-4,7,9-10,12,16H,2,5-6,8,11,13-14H2,1H3. The van der Waals surface area contributed by atoms with Crippen LogP contribution in [0.4, 0.5) is 11.6 Å².